The van der Waals surface area contributed by atoms with Crippen LogP contribution in [0.4, 0.5) is 0 Å². The van der Waals surface area contributed by atoms with Gasteiger partial charge in [-0.15, -0.1) is 0 Å². The highest BCUT2D eigenvalue weighted by Crippen LogP contribution is 2.21. The van der Waals surface area contributed by atoms with E-state index in [1.807, 2.05) is 44.2 Å². The molecule has 1 N–H and O–H groups in total. The largest absolute Gasteiger partial charge is 0.392 e. The summed E-state index contributed by atoms with van der Waals surface area (Å²) in [5.41, 5.74) is 4.25. The third kappa shape index (κ3) is 2.12. The second-order valence-corrected chi connectivity index (χ2v) is 3.27. The molecule has 0 radical (unpaired) electrons. The molecule has 1 aromatic carbocycles. The standard InChI is InChI=1S/C13H16O/c1-4-11(5-2)13-7-6-10(3)8-12(13)9-14/h4-8,14H,1,9H2,2-3H3/b11-5+. The summed E-state index contributed by atoms with van der Waals surface area (Å²) >= 11 is 0. The molecule has 14 heavy (non-hydrogen) atoms. The zero-order valence-corrected chi connectivity index (χ0v) is 8.75. The van der Waals surface area contributed by atoms with E-state index in [4.69, 9.17) is 0 Å². The van der Waals surface area contributed by atoms with Crippen molar-refractivity contribution in [1.82, 2.24) is 0 Å². The molecule has 0 aliphatic carbocycles. The lowest BCUT2D eigenvalue weighted by molar-refractivity contribution is 0.281. The summed E-state index contributed by atoms with van der Waals surface area (Å²) in [5.74, 6) is 0. The van der Waals surface area contributed by atoms with Crippen LogP contribution in [0.3, 0.4) is 0 Å². The van der Waals surface area contributed by atoms with Crippen LogP contribution in [0.25, 0.3) is 5.57 Å². The summed E-state index contributed by atoms with van der Waals surface area (Å²) in [6, 6.07) is 6.07. The number of benzene rings is 1. The lowest BCUT2D eigenvalue weighted by Gasteiger charge is -2.08. The number of aliphatic hydroxyl groups excluding tert-OH is 1. The van der Waals surface area contributed by atoms with E-state index in [2.05, 4.69) is 6.58 Å². The first-order chi connectivity index (χ1) is 6.72. The van der Waals surface area contributed by atoms with Crippen LogP contribution in [0.15, 0.2) is 36.9 Å². The molecule has 0 fully saturated rings. The highest BCUT2D eigenvalue weighted by molar-refractivity contribution is 5.75. The maximum absolute atomic E-state index is 9.22. The van der Waals surface area contributed by atoms with Crippen LogP contribution < -0.4 is 0 Å². The van der Waals surface area contributed by atoms with E-state index in [-0.39, 0.29) is 6.61 Å². The van der Waals surface area contributed by atoms with Crippen molar-refractivity contribution in [1.29, 1.82) is 0 Å². The summed E-state index contributed by atoms with van der Waals surface area (Å²) in [7, 11) is 0. The predicted molar refractivity (Wildman–Crippen MR) is 60.9 cm³/mol. The van der Waals surface area contributed by atoms with E-state index in [1.54, 1.807) is 0 Å². The zero-order chi connectivity index (χ0) is 10.6. The molecule has 1 heteroatoms. The lowest BCUT2D eigenvalue weighted by Crippen LogP contribution is -1.93. The van der Waals surface area contributed by atoms with Gasteiger partial charge in [0.2, 0.25) is 0 Å². The van der Waals surface area contributed by atoms with Crippen LogP contribution in [0.2, 0.25) is 0 Å². The Morgan fingerprint density at radius 2 is 2.21 bits per heavy atom. The molecule has 1 rings (SSSR count). The van der Waals surface area contributed by atoms with Crippen molar-refractivity contribution in [2.45, 2.75) is 20.5 Å². The lowest BCUT2D eigenvalue weighted by atomic mass is 9.98. The molecule has 0 aliphatic heterocycles. The van der Waals surface area contributed by atoms with Gasteiger partial charge in [-0.2, -0.15) is 0 Å². The fraction of sp³-hybridized carbons (Fsp3) is 0.231. The number of rotatable bonds is 3. The SMILES string of the molecule is C=C/C(=C\C)c1ccc(C)cc1CO. The normalized spacial score (nSPS) is 11.5. The number of hydrogen-bond acceptors (Lipinski definition) is 1. The Morgan fingerprint density at radius 3 is 2.71 bits per heavy atom. The van der Waals surface area contributed by atoms with Crippen molar-refractivity contribution in [2.24, 2.45) is 0 Å². The average Bonchev–Trinajstić information content (AvgIpc) is 2.21. The molecule has 1 nitrogen and oxygen atoms in total. The van der Waals surface area contributed by atoms with E-state index >= 15 is 0 Å². The maximum atomic E-state index is 9.22. The van der Waals surface area contributed by atoms with Crippen LogP contribution in [0.5, 0.6) is 0 Å². The number of aliphatic hydroxyl groups is 1. The predicted octanol–water partition coefficient (Wildman–Crippen LogP) is 3.08. The number of hydrogen-bond donors (Lipinski definition) is 1. The molecule has 74 valence electrons. The molecule has 0 saturated heterocycles. The van der Waals surface area contributed by atoms with Crippen molar-refractivity contribution in [2.75, 3.05) is 0 Å². The Kier molecular flexibility index (Phi) is 3.66. The summed E-state index contributed by atoms with van der Waals surface area (Å²) in [4.78, 5) is 0. The minimum Gasteiger partial charge on any atom is -0.392 e. The summed E-state index contributed by atoms with van der Waals surface area (Å²) < 4.78 is 0. The van der Waals surface area contributed by atoms with E-state index in [0.717, 1.165) is 22.3 Å². The number of allylic oxidation sites excluding steroid dienone is 3. The minimum atomic E-state index is 0.0716. The summed E-state index contributed by atoms with van der Waals surface area (Å²) in [5, 5.41) is 9.22. The quantitative estimate of drug-likeness (QED) is 0.723. The van der Waals surface area contributed by atoms with Gasteiger partial charge in [-0.25, -0.2) is 0 Å². The second-order valence-electron chi connectivity index (χ2n) is 3.27. The zero-order valence-electron chi connectivity index (χ0n) is 8.75. The van der Waals surface area contributed by atoms with Crippen molar-refractivity contribution in [3.8, 4) is 0 Å². The van der Waals surface area contributed by atoms with Crippen molar-refractivity contribution >= 4 is 5.57 Å². The van der Waals surface area contributed by atoms with Gasteiger partial charge in [0.05, 0.1) is 6.61 Å². The molecule has 0 atom stereocenters. The van der Waals surface area contributed by atoms with Gasteiger partial charge in [0.15, 0.2) is 0 Å². The molecule has 0 amide bonds. The minimum absolute atomic E-state index is 0.0716. The Labute approximate surface area is 85.4 Å². The van der Waals surface area contributed by atoms with Crippen molar-refractivity contribution < 1.29 is 5.11 Å². The first kappa shape index (κ1) is 10.7. The van der Waals surface area contributed by atoms with Crippen LogP contribution in [-0.2, 0) is 6.61 Å². The molecule has 0 saturated carbocycles. The topological polar surface area (TPSA) is 20.2 Å². The van der Waals surface area contributed by atoms with E-state index in [9.17, 15) is 5.11 Å². The third-order valence-corrected chi connectivity index (χ3v) is 2.27. The molecule has 0 aromatic heterocycles. The smallest absolute Gasteiger partial charge is 0.0687 e. The van der Waals surface area contributed by atoms with Gasteiger partial charge in [0.1, 0.15) is 0 Å². The fourth-order valence-electron chi connectivity index (χ4n) is 1.52. The van der Waals surface area contributed by atoms with E-state index in [0.29, 0.717) is 0 Å². The third-order valence-electron chi connectivity index (χ3n) is 2.27. The van der Waals surface area contributed by atoms with Crippen LogP contribution in [0, 0.1) is 6.92 Å². The van der Waals surface area contributed by atoms with E-state index < -0.39 is 0 Å². The highest BCUT2D eigenvalue weighted by Gasteiger charge is 2.03. The van der Waals surface area contributed by atoms with Gasteiger partial charge in [-0.1, -0.05) is 42.5 Å². The second kappa shape index (κ2) is 4.77. The summed E-state index contributed by atoms with van der Waals surface area (Å²) in [6.07, 6.45) is 3.81. The molecule has 0 unspecified atom stereocenters. The Hall–Kier alpha value is -1.34. The van der Waals surface area contributed by atoms with Crippen LogP contribution in [-0.4, -0.2) is 5.11 Å². The fourth-order valence-corrected chi connectivity index (χ4v) is 1.52. The average molecular weight is 188 g/mol. The highest BCUT2D eigenvalue weighted by atomic mass is 16.3. The molecular formula is C13H16O. The van der Waals surface area contributed by atoms with Gasteiger partial charge >= 0.3 is 0 Å². The van der Waals surface area contributed by atoms with Gasteiger partial charge < -0.3 is 5.11 Å². The molecule has 0 heterocycles. The molecule has 0 aliphatic rings. The Morgan fingerprint density at radius 1 is 1.50 bits per heavy atom. The molecule has 0 spiro atoms. The first-order valence-corrected chi connectivity index (χ1v) is 4.72. The van der Waals surface area contributed by atoms with Crippen molar-refractivity contribution in [3.05, 3.63) is 53.6 Å². The Balaban J connectivity index is 3.26. The monoisotopic (exact) mass is 188 g/mol. The molecular weight excluding hydrogens is 172 g/mol. The van der Waals surface area contributed by atoms with Crippen molar-refractivity contribution in [3.63, 3.8) is 0 Å². The van der Waals surface area contributed by atoms with Crippen LogP contribution in [0.1, 0.15) is 23.6 Å². The Bertz CT molecular complexity index is 361. The van der Waals surface area contributed by atoms with Gasteiger partial charge in [-0.3, -0.25) is 0 Å². The van der Waals surface area contributed by atoms with Gasteiger partial charge in [0.25, 0.3) is 0 Å². The number of aryl methyl sites for hydroxylation is 1. The van der Waals surface area contributed by atoms with Gasteiger partial charge in [-0.05, 0) is 30.5 Å². The first-order valence-electron chi connectivity index (χ1n) is 4.72. The summed E-state index contributed by atoms with van der Waals surface area (Å²) in [6.45, 7) is 7.82. The molecule has 0 bridgehead atoms. The van der Waals surface area contributed by atoms with Crippen LogP contribution >= 0.6 is 0 Å². The maximum Gasteiger partial charge on any atom is 0.0687 e. The molecule has 1 aromatic rings. The van der Waals surface area contributed by atoms with E-state index in [1.165, 1.54) is 0 Å². The van der Waals surface area contributed by atoms with Gasteiger partial charge in [0, 0.05) is 0 Å².